The van der Waals surface area contributed by atoms with Crippen molar-refractivity contribution >= 4 is 23.6 Å². The summed E-state index contributed by atoms with van der Waals surface area (Å²) in [4.78, 5) is 12.1. The van der Waals surface area contributed by atoms with Gasteiger partial charge in [0.2, 0.25) is 5.91 Å². The first-order chi connectivity index (χ1) is 11.6. The van der Waals surface area contributed by atoms with Gasteiger partial charge < -0.3 is 14.8 Å². The van der Waals surface area contributed by atoms with Crippen LogP contribution in [0.2, 0.25) is 5.02 Å². The molecule has 0 fully saturated rings. The Morgan fingerprint density at radius 2 is 1.83 bits per heavy atom. The van der Waals surface area contributed by atoms with E-state index in [1.165, 1.54) is 6.08 Å². The second-order valence-corrected chi connectivity index (χ2v) is 5.95. The monoisotopic (exact) mass is 343 g/mol. The number of carbonyl (C=O) groups excluding carboxylic acids is 1. The Balaban J connectivity index is 1.62. The summed E-state index contributed by atoms with van der Waals surface area (Å²) in [5.41, 5.74) is 1.88. The molecular formula is C19H18ClNO3. The second-order valence-electron chi connectivity index (χ2n) is 5.52. The van der Waals surface area contributed by atoms with E-state index in [0.717, 1.165) is 22.6 Å². The highest BCUT2D eigenvalue weighted by atomic mass is 35.5. The highest BCUT2D eigenvalue weighted by Crippen LogP contribution is 2.32. The average Bonchev–Trinajstić information content (AvgIpc) is 2.61. The Morgan fingerprint density at radius 3 is 2.58 bits per heavy atom. The third-order valence-electron chi connectivity index (χ3n) is 3.72. The van der Waals surface area contributed by atoms with Gasteiger partial charge in [-0.05, 0) is 48.4 Å². The van der Waals surface area contributed by atoms with Crippen molar-refractivity contribution in [3.8, 4) is 11.5 Å². The van der Waals surface area contributed by atoms with Crippen LogP contribution in [0.1, 0.15) is 24.1 Å². The molecule has 0 aromatic heterocycles. The van der Waals surface area contributed by atoms with Gasteiger partial charge in [-0.1, -0.05) is 29.8 Å². The van der Waals surface area contributed by atoms with Gasteiger partial charge in [0.15, 0.2) is 11.5 Å². The minimum atomic E-state index is -0.160. The van der Waals surface area contributed by atoms with E-state index in [-0.39, 0.29) is 11.9 Å². The lowest BCUT2D eigenvalue weighted by molar-refractivity contribution is -0.117. The summed E-state index contributed by atoms with van der Waals surface area (Å²) >= 11 is 5.84. The van der Waals surface area contributed by atoms with Crippen LogP contribution in [0.5, 0.6) is 11.5 Å². The number of halogens is 1. The van der Waals surface area contributed by atoms with Gasteiger partial charge in [-0.2, -0.15) is 0 Å². The normalized spacial score (nSPS) is 14.4. The first-order valence-corrected chi connectivity index (χ1v) is 8.13. The molecule has 0 saturated heterocycles. The number of ether oxygens (including phenoxy) is 2. The zero-order valence-corrected chi connectivity index (χ0v) is 14.0. The van der Waals surface area contributed by atoms with Gasteiger partial charge in [0.05, 0.1) is 6.04 Å². The molecule has 124 valence electrons. The van der Waals surface area contributed by atoms with E-state index in [9.17, 15) is 4.79 Å². The van der Waals surface area contributed by atoms with Crippen LogP contribution < -0.4 is 14.8 Å². The van der Waals surface area contributed by atoms with Gasteiger partial charge >= 0.3 is 0 Å². The highest BCUT2D eigenvalue weighted by Gasteiger charge is 2.15. The molecule has 0 spiro atoms. The lowest BCUT2D eigenvalue weighted by Crippen LogP contribution is -2.25. The fourth-order valence-corrected chi connectivity index (χ4v) is 2.55. The number of hydrogen-bond acceptors (Lipinski definition) is 3. The zero-order chi connectivity index (χ0) is 16.9. The van der Waals surface area contributed by atoms with Crippen molar-refractivity contribution in [2.24, 2.45) is 0 Å². The molecule has 1 N–H and O–H groups in total. The van der Waals surface area contributed by atoms with Gasteiger partial charge in [-0.15, -0.1) is 0 Å². The molecule has 24 heavy (non-hydrogen) atoms. The molecule has 3 rings (SSSR count). The largest absolute Gasteiger partial charge is 0.486 e. The highest BCUT2D eigenvalue weighted by molar-refractivity contribution is 6.30. The van der Waals surface area contributed by atoms with Crippen molar-refractivity contribution in [2.45, 2.75) is 13.0 Å². The van der Waals surface area contributed by atoms with Crippen LogP contribution in [0.25, 0.3) is 6.08 Å². The average molecular weight is 344 g/mol. The predicted octanol–water partition coefficient (Wildman–Crippen LogP) is 4.00. The molecule has 0 radical (unpaired) electrons. The maximum absolute atomic E-state index is 12.1. The van der Waals surface area contributed by atoms with Crippen molar-refractivity contribution in [3.05, 3.63) is 64.7 Å². The van der Waals surface area contributed by atoms with Crippen molar-refractivity contribution < 1.29 is 14.3 Å². The Bertz CT molecular complexity index is 756. The van der Waals surface area contributed by atoms with E-state index in [2.05, 4.69) is 5.32 Å². The van der Waals surface area contributed by atoms with Crippen LogP contribution >= 0.6 is 11.6 Å². The molecule has 0 saturated carbocycles. The summed E-state index contributed by atoms with van der Waals surface area (Å²) in [7, 11) is 0. The van der Waals surface area contributed by atoms with E-state index < -0.39 is 0 Å². The molecule has 0 bridgehead atoms. The second kappa shape index (κ2) is 7.41. The zero-order valence-electron chi connectivity index (χ0n) is 13.3. The quantitative estimate of drug-likeness (QED) is 0.853. The van der Waals surface area contributed by atoms with Crippen LogP contribution in [0.15, 0.2) is 48.5 Å². The number of fused-ring (bicyclic) bond motifs is 1. The fraction of sp³-hybridized carbons (Fsp3) is 0.211. The lowest BCUT2D eigenvalue weighted by atomic mass is 10.1. The van der Waals surface area contributed by atoms with E-state index in [1.807, 2.05) is 37.3 Å². The van der Waals surface area contributed by atoms with E-state index in [0.29, 0.717) is 18.2 Å². The Kier molecular flexibility index (Phi) is 5.06. The minimum Gasteiger partial charge on any atom is -0.486 e. The van der Waals surface area contributed by atoms with Crippen LogP contribution in [-0.4, -0.2) is 19.1 Å². The minimum absolute atomic E-state index is 0.136. The predicted molar refractivity (Wildman–Crippen MR) is 94.5 cm³/mol. The van der Waals surface area contributed by atoms with Crippen molar-refractivity contribution in [1.29, 1.82) is 0 Å². The third kappa shape index (κ3) is 4.09. The number of nitrogens with one attached hydrogen (secondary N) is 1. The smallest absolute Gasteiger partial charge is 0.244 e. The lowest BCUT2D eigenvalue weighted by Gasteiger charge is -2.20. The fourth-order valence-electron chi connectivity index (χ4n) is 2.42. The standard InChI is InChI=1S/C19H18ClNO3/c1-13(15-5-8-17-18(12-15)24-11-10-23-17)21-19(22)9-4-14-2-6-16(20)7-3-14/h2-9,12-13H,10-11H2,1H3,(H,21,22)/b9-4+/t13-/m1/s1. The van der Waals surface area contributed by atoms with Gasteiger partial charge in [-0.25, -0.2) is 0 Å². The Labute approximate surface area is 146 Å². The maximum atomic E-state index is 12.1. The summed E-state index contributed by atoms with van der Waals surface area (Å²) in [5.74, 6) is 1.30. The maximum Gasteiger partial charge on any atom is 0.244 e. The van der Waals surface area contributed by atoms with Crippen molar-refractivity contribution in [2.75, 3.05) is 13.2 Å². The summed E-state index contributed by atoms with van der Waals surface area (Å²) in [5, 5.41) is 3.61. The number of carbonyl (C=O) groups is 1. The molecule has 5 heteroatoms. The molecule has 1 amide bonds. The topological polar surface area (TPSA) is 47.6 Å². The molecule has 4 nitrogen and oxygen atoms in total. The number of benzene rings is 2. The summed E-state index contributed by atoms with van der Waals surface area (Å²) in [6.07, 6.45) is 3.26. The number of rotatable bonds is 4. The summed E-state index contributed by atoms with van der Waals surface area (Å²) < 4.78 is 11.1. The van der Waals surface area contributed by atoms with Crippen molar-refractivity contribution in [3.63, 3.8) is 0 Å². The van der Waals surface area contributed by atoms with Gasteiger partial charge in [0.1, 0.15) is 13.2 Å². The summed E-state index contributed by atoms with van der Waals surface area (Å²) in [6.45, 7) is 3.04. The first-order valence-electron chi connectivity index (χ1n) is 7.75. The SMILES string of the molecule is C[C@@H](NC(=O)/C=C/c1ccc(Cl)cc1)c1ccc2c(c1)OCCO2. The van der Waals surface area contributed by atoms with Crippen LogP contribution in [0, 0.1) is 0 Å². The van der Waals surface area contributed by atoms with Gasteiger partial charge in [0.25, 0.3) is 0 Å². The summed E-state index contributed by atoms with van der Waals surface area (Å²) in [6, 6.07) is 12.9. The number of hydrogen-bond donors (Lipinski definition) is 1. The first kappa shape index (κ1) is 16.4. The van der Waals surface area contributed by atoms with Crippen molar-refractivity contribution in [1.82, 2.24) is 5.32 Å². The van der Waals surface area contributed by atoms with Crippen LogP contribution in [0.4, 0.5) is 0 Å². The van der Waals surface area contributed by atoms with Crippen LogP contribution in [0.3, 0.4) is 0 Å². The molecule has 0 aliphatic carbocycles. The molecule has 1 aliphatic heterocycles. The Morgan fingerprint density at radius 1 is 1.12 bits per heavy atom. The van der Waals surface area contributed by atoms with E-state index in [1.54, 1.807) is 18.2 Å². The third-order valence-corrected chi connectivity index (χ3v) is 3.97. The molecular weight excluding hydrogens is 326 g/mol. The van der Waals surface area contributed by atoms with Gasteiger partial charge in [0, 0.05) is 11.1 Å². The molecule has 0 unspecified atom stereocenters. The molecule has 1 atom stereocenters. The molecule has 1 aliphatic rings. The molecule has 2 aromatic carbocycles. The van der Waals surface area contributed by atoms with Crippen LogP contribution in [-0.2, 0) is 4.79 Å². The molecule has 2 aromatic rings. The number of amides is 1. The van der Waals surface area contributed by atoms with E-state index >= 15 is 0 Å². The Hall–Kier alpha value is -2.46. The van der Waals surface area contributed by atoms with E-state index in [4.69, 9.17) is 21.1 Å². The molecule has 1 heterocycles. The van der Waals surface area contributed by atoms with Gasteiger partial charge in [-0.3, -0.25) is 4.79 Å².